The van der Waals surface area contributed by atoms with Gasteiger partial charge in [0.25, 0.3) is 0 Å². The average molecular weight is 506 g/mol. The lowest BCUT2D eigenvalue weighted by molar-refractivity contribution is -0.405. The molecule has 3 rings (SSSR count). The second-order valence-corrected chi connectivity index (χ2v) is 9.65. The van der Waals surface area contributed by atoms with Crippen LogP contribution in [0.2, 0.25) is 0 Å². The molecule has 2 fully saturated rings. The fourth-order valence-electron chi connectivity index (χ4n) is 4.75. The standard InChI is InChI=1S/C23H39NO11/c1-12-14(10-25)33-21(35-23(2)20(30)19(29)18(28)15(11-26)34-23)16(17(12)27)24-22(31)32-13-8-6-4-3-5-7-9-13/h3-4,12-21,25-30H,5-11H2,1-2H3,(H,24,31)/b4-3+/t12-,13?,14?,15?,16?,17?,18-,19+,20?,21-,23-/m1/s1. The van der Waals surface area contributed by atoms with Crippen LogP contribution in [0.25, 0.3) is 0 Å². The molecule has 0 aromatic rings. The van der Waals surface area contributed by atoms with E-state index < -0.39 is 80.0 Å². The smallest absolute Gasteiger partial charge is 0.407 e. The molecule has 1 amide bonds. The van der Waals surface area contributed by atoms with E-state index in [1.807, 2.05) is 6.08 Å². The molecule has 2 heterocycles. The number of carbonyl (C=O) groups is 1. The van der Waals surface area contributed by atoms with Crippen molar-refractivity contribution in [1.29, 1.82) is 0 Å². The highest BCUT2D eigenvalue weighted by atomic mass is 16.8. The molecule has 7 N–H and O–H groups in total. The van der Waals surface area contributed by atoms with Gasteiger partial charge >= 0.3 is 6.09 Å². The molecule has 0 bridgehead atoms. The largest absolute Gasteiger partial charge is 0.446 e. The summed E-state index contributed by atoms with van der Waals surface area (Å²) in [5.74, 6) is -2.59. The maximum absolute atomic E-state index is 12.7. The molecule has 2 aliphatic heterocycles. The van der Waals surface area contributed by atoms with Crippen LogP contribution in [0.1, 0.15) is 46.0 Å². The Morgan fingerprint density at radius 1 is 1.03 bits per heavy atom. The van der Waals surface area contributed by atoms with Gasteiger partial charge in [-0.05, 0) is 39.0 Å². The van der Waals surface area contributed by atoms with Crippen LogP contribution in [0.3, 0.4) is 0 Å². The zero-order chi connectivity index (χ0) is 25.8. The summed E-state index contributed by atoms with van der Waals surface area (Å²) in [6.45, 7) is 1.79. The van der Waals surface area contributed by atoms with Crippen LogP contribution in [-0.2, 0) is 18.9 Å². The monoisotopic (exact) mass is 505 g/mol. The van der Waals surface area contributed by atoms with Crippen molar-refractivity contribution in [3.63, 3.8) is 0 Å². The highest BCUT2D eigenvalue weighted by Crippen LogP contribution is 2.36. The molecule has 0 radical (unpaired) electrons. The van der Waals surface area contributed by atoms with Gasteiger partial charge in [-0.3, -0.25) is 0 Å². The molecule has 11 atom stereocenters. The fourth-order valence-corrected chi connectivity index (χ4v) is 4.75. The summed E-state index contributed by atoms with van der Waals surface area (Å²) in [6.07, 6.45) is -2.86. The lowest BCUT2D eigenvalue weighted by atomic mass is 9.89. The van der Waals surface area contributed by atoms with Crippen molar-refractivity contribution in [1.82, 2.24) is 5.32 Å². The Kier molecular flexibility index (Phi) is 9.89. The van der Waals surface area contributed by atoms with Gasteiger partial charge in [0.1, 0.15) is 36.6 Å². The van der Waals surface area contributed by atoms with E-state index in [1.54, 1.807) is 6.92 Å². The summed E-state index contributed by atoms with van der Waals surface area (Å²) >= 11 is 0. The molecule has 1 aliphatic carbocycles. The number of hydrogen-bond acceptors (Lipinski definition) is 11. The maximum Gasteiger partial charge on any atom is 0.407 e. The van der Waals surface area contributed by atoms with Gasteiger partial charge in [0, 0.05) is 5.92 Å². The van der Waals surface area contributed by atoms with Crippen LogP contribution in [0.4, 0.5) is 4.79 Å². The molecule has 0 saturated carbocycles. The van der Waals surface area contributed by atoms with Crippen LogP contribution < -0.4 is 5.32 Å². The van der Waals surface area contributed by atoms with E-state index in [2.05, 4.69) is 11.4 Å². The molecule has 12 nitrogen and oxygen atoms in total. The number of rotatable bonds is 6. The van der Waals surface area contributed by atoms with E-state index in [9.17, 15) is 35.4 Å². The zero-order valence-electron chi connectivity index (χ0n) is 20.1. The van der Waals surface area contributed by atoms with E-state index in [1.165, 1.54) is 6.92 Å². The quantitative estimate of drug-likeness (QED) is 0.217. The Balaban J connectivity index is 1.76. The average Bonchev–Trinajstić information content (AvgIpc) is 2.81. The summed E-state index contributed by atoms with van der Waals surface area (Å²) in [5.41, 5.74) is 0. The van der Waals surface area contributed by atoms with Gasteiger partial charge in [-0.1, -0.05) is 19.1 Å². The first-order valence-electron chi connectivity index (χ1n) is 12.2. The van der Waals surface area contributed by atoms with Crippen molar-refractivity contribution < 1.29 is 54.4 Å². The Morgan fingerprint density at radius 3 is 2.40 bits per heavy atom. The van der Waals surface area contributed by atoms with Crippen LogP contribution in [0.15, 0.2) is 12.2 Å². The number of amides is 1. The zero-order valence-corrected chi connectivity index (χ0v) is 20.1. The number of ether oxygens (including phenoxy) is 4. The maximum atomic E-state index is 12.7. The molecule has 3 aliphatic rings. The lowest BCUT2D eigenvalue weighted by Crippen LogP contribution is -2.69. The van der Waals surface area contributed by atoms with Gasteiger partial charge < -0.3 is 54.9 Å². The Labute approximate surface area is 204 Å². The normalized spacial score (nSPS) is 45.7. The predicted molar refractivity (Wildman–Crippen MR) is 120 cm³/mol. The molecule has 12 heteroatoms. The highest BCUT2D eigenvalue weighted by molar-refractivity contribution is 5.68. The Bertz CT molecular complexity index is 722. The third-order valence-corrected chi connectivity index (χ3v) is 7.06. The minimum Gasteiger partial charge on any atom is -0.446 e. The fraction of sp³-hybridized carbons (Fsp3) is 0.870. The lowest BCUT2D eigenvalue weighted by Gasteiger charge is -2.50. The number of aliphatic hydroxyl groups is 6. The van der Waals surface area contributed by atoms with Crippen molar-refractivity contribution in [3.05, 3.63) is 12.2 Å². The number of aliphatic hydroxyl groups excluding tert-OH is 6. The summed E-state index contributed by atoms with van der Waals surface area (Å²) in [4.78, 5) is 12.7. The van der Waals surface area contributed by atoms with E-state index in [0.29, 0.717) is 12.8 Å². The summed E-state index contributed by atoms with van der Waals surface area (Å²) < 4.78 is 22.8. The van der Waals surface area contributed by atoms with Crippen LogP contribution in [-0.4, -0.2) is 111 Å². The van der Waals surface area contributed by atoms with Gasteiger partial charge in [-0.25, -0.2) is 4.79 Å². The number of hydrogen-bond donors (Lipinski definition) is 7. The van der Waals surface area contributed by atoms with Crippen molar-refractivity contribution in [2.24, 2.45) is 5.92 Å². The third kappa shape index (κ3) is 6.51. The van der Waals surface area contributed by atoms with E-state index in [4.69, 9.17) is 18.9 Å². The SMILES string of the molecule is C[C@@H]1C(CO)O[C@H](O[C@@]2(C)OC(CO)[C@@H](O)[C@H](O)C2O)C(NC(=O)OC2CC/C=C/CCC2)C1O. The minimum absolute atomic E-state index is 0.299. The van der Waals surface area contributed by atoms with Crippen LogP contribution >= 0.6 is 0 Å². The van der Waals surface area contributed by atoms with E-state index in [-0.39, 0.29) is 6.10 Å². The molecule has 0 spiro atoms. The molecule has 35 heavy (non-hydrogen) atoms. The molecular weight excluding hydrogens is 466 g/mol. The van der Waals surface area contributed by atoms with Gasteiger partial charge in [0.05, 0.1) is 25.4 Å². The Morgan fingerprint density at radius 2 is 1.71 bits per heavy atom. The number of nitrogens with one attached hydrogen (secondary N) is 1. The first-order valence-corrected chi connectivity index (χ1v) is 12.2. The minimum atomic E-state index is -1.99. The van der Waals surface area contributed by atoms with Crippen LogP contribution in [0, 0.1) is 5.92 Å². The molecule has 6 unspecified atom stereocenters. The number of allylic oxidation sites excluding steroid dienone is 2. The van der Waals surface area contributed by atoms with Gasteiger partial charge in [0.15, 0.2) is 12.1 Å². The van der Waals surface area contributed by atoms with Crippen molar-refractivity contribution in [2.45, 2.75) is 107 Å². The molecule has 2 saturated heterocycles. The number of carbonyl (C=O) groups excluding carboxylic acids is 1. The topological polar surface area (TPSA) is 187 Å². The van der Waals surface area contributed by atoms with E-state index >= 15 is 0 Å². The summed E-state index contributed by atoms with van der Waals surface area (Å²) in [6, 6.07) is -1.18. The first kappa shape index (κ1) is 28.2. The second kappa shape index (κ2) is 12.3. The van der Waals surface area contributed by atoms with Crippen molar-refractivity contribution in [3.8, 4) is 0 Å². The molecule has 202 valence electrons. The second-order valence-electron chi connectivity index (χ2n) is 9.65. The first-order chi connectivity index (χ1) is 16.6. The highest BCUT2D eigenvalue weighted by Gasteiger charge is 2.55. The molecule has 0 aromatic heterocycles. The summed E-state index contributed by atoms with van der Waals surface area (Å²) in [5, 5.41) is 63.6. The number of alkyl carbamates (subject to hydrolysis) is 1. The Hall–Kier alpha value is -1.35. The van der Waals surface area contributed by atoms with E-state index in [0.717, 1.165) is 19.3 Å². The van der Waals surface area contributed by atoms with Gasteiger partial charge in [0.2, 0.25) is 0 Å². The predicted octanol–water partition coefficient (Wildman–Crippen LogP) is -1.11. The summed E-state index contributed by atoms with van der Waals surface area (Å²) in [7, 11) is 0. The van der Waals surface area contributed by atoms with Gasteiger partial charge in [-0.15, -0.1) is 0 Å². The van der Waals surface area contributed by atoms with Crippen molar-refractivity contribution >= 4 is 6.09 Å². The molecule has 0 aromatic carbocycles. The van der Waals surface area contributed by atoms with Gasteiger partial charge in [-0.2, -0.15) is 0 Å². The molecular formula is C23H39NO11. The third-order valence-electron chi connectivity index (χ3n) is 7.06. The van der Waals surface area contributed by atoms with Crippen molar-refractivity contribution in [2.75, 3.05) is 13.2 Å². The van der Waals surface area contributed by atoms with Crippen LogP contribution in [0.5, 0.6) is 0 Å².